The van der Waals surface area contributed by atoms with E-state index in [0.717, 1.165) is 30.5 Å². The number of likely N-dealkylation sites (tertiary alicyclic amines) is 2. The number of fused-ring (bicyclic) bond motifs is 1. The van der Waals surface area contributed by atoms with E-state index in [1.165, 1.54) is 17.2 Å². The number of carboxylic acids is 1. The monoisotopic (exact) mass is 693 g/mol. The Labute approximate surface area is 275 Å². The topological polar surface area (TPSA) is 152 Å². The van der Waals surface area contributed by atoms with Crippen LogP contribution >= 0.6 is 15.9 Å². The molecule has 0 aliphatic carbocycles. The molecule has 2 atom stereocenters. The van der Waals surface area contributed by atoms with Crippen LogP contribution in [-0.2, 0) is 27.2 Å². The third-order valence-corrected chi connectivity index (χ3v) is 9.18. The van der Waals surface area contributed by atoms with Gasteiger partial charge in [0.25, 0.3) is 5.91 Å². The highest BCUT2D eigenvalue weighted by molar-refractivity contribution is 9.10. The number of hydrogen-bond acceptors (Lipinski definition) is 7. The lowest BCUT2D eigenvalue weighted by atomic mass is 10.0. The first kappa shape index (κ1) is 32.8. The summed E-state index contributed by atoms with van der Waals surface area (Å²) in [5.41, 5.74) is 5.16. The molecule has 4 amide bonds. The molecule has 0 spiro atoms. The largest absolute Gasteiger partial charge is 0.507 e. The average molecular weight is 695 g/mol. The van der Waals surface area contributed by atoms with E-state index in [4.69, 9.17) is 4.74 Å². The highest BCUT2D eigenvalue weighted by Crippen LogP contribution is 2.27. The fourth-order valence-electron chi connectivity index (χ4n) is 6.01. The number of carbonyl (C=O) groups is 4. The minimum atomic E-state index is -1.28. The number of aromatic hydroxyl groups is 1. The van der Waals surface area contributed by atoms with E-state index in [1.807, 2.05) is 29.2 Å². The number of amides is 4. The smallest absolute Gasteiger partial charge is 0.410 e. The van der Waals surface area contributed by atoms with Crippen LogP contribution in [0.5, 0.6) is 5.75 Å². The number of aliphatic carboxylic acids is 1. The molecule has 0 radical (unpaired) electrons. The summed E-state index contributed by atoms with van der Waals surface area (Å²) in [5, 5.41) is 22.3. The van der Waals surface area contributed by atoms with E-state index in [2.05, 4.69) is 37.8 Å². The molecule has 242 valence electrons. The van der Waals surface area contributed by atoms with Crippen molar-refractivity contribution < 1.29 is 34.1 Å². The molecule has 2 aromatic rings. The number of urea groups is 1. The van der Waals surface area contributed by atoms with Crippen molar-refractivity contribution in [2.45, 2.75) is 63.1 Å². The minimum absolute atomic E-state index is 0.00344. The van der Waals surface area contributed by atoms with Gasteiger partial charge in [0.05, 0.1) is 10.7 Å². The molecule has 3 aliphatic rings. The molecule has 12 nitrogen and oxygen atoms in total. The van der Waals surface area contributed by atoms with Crippen molar-refractivity contribution >= 4 is 51.5 Å². The summed E-state index contributed by atoms with van der Waals surface area (Å²) in [5.74, 6) is 0.762. The Balaban J connectivity index is 1.23. The fraction of sp³-hybridized carbons (Fsp3) is 0.424. The van der Waals surface area contributed by atoms with E-state index in [1.54, 1.807) is 17.0 Å². The third kappa shape index (κ3) is 8.17. The normalized spacial score (nSPS) is 19.0. The quantitative estimate of drug-likeness (QED) is 0.282. The number of rotatable bonds is 7. The molecule has 0 aromatic heterocycles. The number of aliphatic imine (C=N–C) groups is 1. The molecule has 2 saturated heterocycles. The molecule has 3 heterocycles. The van der Waals surface area contributed by atoms with Crippen LogP contribution in [0.1, 0.15) is 43.2 Å². The number of ether oxygens (including phenoxy) is 1. The van der Waals surface area contributed by atoms with Crippen molar-refractivity contribution in [3.63, 3.8) is 0 Å². The van der Waals surface area contributed by atoms with Crippen molar-refractivity contribution in [1.82, 2.24) is 14.7 Å². The van der Waals surface area contributed by atoms with Crippen molar-refractivity contribution in [2.75, 3.05) is 31.5 Å². The van der Waals surface area contributed by atoms with Crippen molar-refractivity contribution in [1.29, 1.82) is 0 Å². The molecule has 3 N–H and O–H groups in total. The molecule has 0 saturated carbocycles. The summed E-state index contributed by atoms with van der Waals surface area (Å²) in [6.45, 7) is 1.81. The van der Waals surface area contributed by atoms with Crippen LogP contribution in [0.4, 0.5) is 15.3 Å². The van der Waals surface area contributed by atoms with Gasteiger partial charge in [-0.3, -0.25) is 4.79 Å². The van der Waals surface area contributed by atoms with Crippen LogP contribution in [0, 0.1) is 0 Å². The number of phenols is 1. The number of phenolic OH excluding ortho intramolecular Hbond substituents is 1. The van der Waals surface area contributed by atoms with Gasteiger partial charge in [-0.15, -0.1) is 0 Å². The first-order chi connectivity index (χ1) is 22.2. The van der Waals surface area contributed by atoms with Gasteiger partial charge >= 0.3 is 18.1 Å². The number of piperidine rings is 2. The Morgan fingerprint density at radius 1 is 1.09 bits per heavy atom. The highest BCUT2D eigenvalue weighted by atomic mass is 79.9. The SMILES string of the molecule is O=C(O)[C@H]1CCCCN1C=C=C=NC(=O)[C@@H](Cc1ccc(O)c(Br)c1)OC(=O)N1CCC(N2CCc3ccccc3NC2=O)CC1. The maximum atomic E-state index is 13.3. The van der Waals surface area contributed by atoms with Gasteiger partial charge in [0.2, 0.25) is 0 Å². The predicted octanol–water partition coefficient (Wildman–Crippen LogP) is 4.56. The molecule has 2 fully saturated rings. The van der Waals surface area contributed by atoms with Gasteiger partial charge in [0.1, 0.15) is 11.8 Å². The highest BCUT2D eigenvalue weighted by Gasteiger charge is 2.33. The molecular weight excluding hydrogens is 658 g/mol. The van der Waals surface area contributed by atoms with Gasteiger partial charge in [-0.1, -0.05) is 24.3 Å². The number of benzene rings is 2. The molecule has 5 rings (SSSR count). The van der Waals surface area contributed by atoms with Crippen molar-refractivity contribution in [3.05, 3.63) is 70.0 Å². The van der Waals surface area contributed by atoms with E-state index in [0.29, 0.717) is 55.5 Å². The van der Waals surface area contributed by atoms with E-state index in [-0.39, 0.29) is 24.2 Å². The van der Waals surface area contributed by atoms with Crippen LogP contribution in [0.3, 0.4) is 0 Å². The first-order valence-electron chi connectivity index (χ1n) is 15.3. The maximum Gasteiger partial charge on any atom is 0.410 e. The van der Waals surface area contributed by atoms with Crippen LogP contribution in [-0.4, -0.2) is 99.2 Å². The van der Waals surface area contributed by atoms with Crippen molar-refractivity contribution in [3.8, 4) is 5.75 Å². The second-order valence-corrected chi connectivity index (χ2v) is 12.4. The zero-order valence-electron chi connectivity index (χ0n) is 25.2. The number of halogens is 1. The number of anilines is 1. The van der Waals surface area contributed by atoms with Gasteiger partial charge < -0.3 is 35.0 Å². The summed E-state index contributed by atoms with van der Waals surface area (Å²) >= 11 is 3.27. The van der Waals surface area contributed by atoms with Crippen LogP contribution in [0.2, 0.25) is 0 Å². The lowest BCUT2D eigenvalue weighted by Crippen LogP contribution is -2.50. The second-order valence-electron chi connectivity index (χ2n) is 11.5. The van der Waals surface area contributed by atoms with E-state index >= 15 is 0 Å². The molecule has 0 unspecified atom stereocenters. The zero-order valence-corrected chi connectivity index (χ0v) is 26.8. The predicted molar refractivity (Wildman–Crippen MR) is 173 cm³/mol. The van der Waals surface area contributed by atoms with Gasteiger partial charge in [-0.05, 0) is 89.5 Å². The lowest BCUT2D eigenvalue weighted by molar-refractivity contribution is -0.143. The van der Waals surface area contributed by atoms with E-state index < -0.39 is 30.1 Å². The molecular formula is C33H36BrN5O7. The number of carboxylic acid groups (broad SMARTS) is 1. The van der Waals surface area contributed by atoms with Crippen molar-refractivity contribution in [2.24, 2.45) is 4.99 Å². The number of para-hydroxylation sites is 1. The standard InChI is InChI=1S/C33H36BrN5O7/c34-25-20-22(9-10-28(25)40)21-29(30(41)35-14-5-16-37-15-4-3-8-27(37)31(42)43)46-33(45)38-17-12-24(13-18-38)39-19-11-23-6-1-2-7-26(23)36-32(39)44/h1-2,6-7,9-10,16,20,24,27,29,40H,3-4,8,11-13,15,17-19,21H2,(H,36,44)(H,42,43)/t27-,29-/m1/s1. The Hall–Kier alpha value is -4.57. The molecule has 0 bridgehead atoms. The third-order valence-electron chi connectivity index (χ3n) is 8.55. The van der Waals surface area contributed by atoms with Gasteiger partial charge in [-0.25, -0.2) is 14.4 Å². The zero-order chi connectivity index (χ0) is 32.6. The van der Waals surface area contributed by atoms with Gasteiger partial charge in [0, 0.05) is 50.2 Å². The number of nitrogens with one attached hydrogen (secondary N) is 1. The van der Waals surface area contributed by atoms with Gasteiger partial charge in [-0.2, -0.15) is 4.99 Å². The van der Waals surface area contributed by atoms with Crippen LogP contribution < -0.4 is 5.32 Å². The number of hydrogen-bond donors (Lipinski definition) is 3. The Morgan fingerprint density at radius 2 is 1.87 bits per heavy atom. The summed E-state index contributed by atoms with van der Waals surface area (Å²) in [4.78, 5) is 59.7. The Morgan fingerprint density at radius 3 is 2.63 bits per heavy atom. The average Bonchev–Trinajstić information content (AvgIpc) is 3.22. The van der Waals surface area contributed by atoms with Gasteiger partial charge in [0.15, 0.2) is 6.10 Å². The molecule has 13 heteroatoms. The fourth-order valence-corrected chi connectivity index (χ4v) is 6.44. The summed E-state index contributed by atoms with van der Waals surface area (Å²) in [6.07, 6.45) is 3.49. The number of nitrogens with zero attached hydrogens (tertiary/aromatic N) is 4. The van der Waals surface area contributed by atoms with E-state index in [9.17, 15) is 29.4 Å². The lowest BCUT2D eigenvalue weighted by Gasteiger charge is -2.37. The van der Waals surface area contributed by atoms with Crippen LogP contribution in [0.15, 0.2) is 63.9 Å². The summed E-state index contributed by atoms with van der Waals surface area (Å²) in [7, 11) is 0. The molecule has 2 aromatic carbocycles. The number of carbonyl (C=O) groups excluding carboxylic acids is 3. The van der Waals surface area contributed by atoms with Crippen LogP contribution in [0.25, 0.3) is 0 Å². The maximum absolute atomic E-state index is 13.3. The molecule has 46 heavy (non-hydrogen) atoms. The summed E-state index contributed by atoms with van der Waals surface area (Å²) < 4.78 is 6.11. The Bertz CT molecular complexity index is 1580. The first-order valence-corrected chi connectivity index (χ1v) is 16.1. The molecule has 3 aliphatic heterocycles. The minimum Gasteiger partial charge on any atom is -0.507 e. The second kappa shape index (κ2) is 15.1. The Kier molecular flexibility index (Phi) is 10.8. The summed E-state index contributed by atoms with van der Waals surface area (Å²) in [6, 6.07) is 11.6.